The van der Waals surface area contributed by atoms with Gasteiger partial charge in [0.15, 0.2) is 0 Å². The third-order valence-corrected chi connectivity index (χ3v) is 4.51. The van der Waals surface area contributed by atoms with Crippen molar-refractivity contribution in [3.05, 3.63) is 47.7 Å². The van der Waals surface area contributed by atoms with Crippen LogP contribution < -0.4 is 0 Å². The van der Waals surface area contributed by atoms with Crippen molar-refractivity contribution in [2.75, 3.05) is 7.11 Å². The van der Waals surface area contributed by atoms with Crippen LogP contribution >= 0.6 is 0 Å². The molecule has 9 heteroatoms. The first-order chi connectivity index (χ1) is 10.6. The quantitative estimate of drug-likeness (QED) is 0.474. The number of alkyl halides is 3. The van der Waals surface area contributed by atoms with Crippen LogP contribution in [0.4, 0.5) is 13.2 Å². The van der Waals surface area contributed by atoms with Gasteiger partial charge < -0.3 is 8.92 Å². The molecular weight excluding hydrogens is 337 g/mol. The van der Waals surface area contributed by atoms with Gasteiger partial charge >= 0.3 is 21.6 Å². The molecule has 1 aliphatic rings. The predicted molar refractivity (Wildman–Crippen MR) is 73.5 cm³/mol. The number of carbonyl (C=O) groups is 1. The van der Waals surface area contributed by atoms with Crippen LogP contribution in [0.5, 0.6) is 0 Å². The zero-order valence-corrected chi connectivity index (χ0v) is 12.8. The van der Waals surface area contributed by atoms with Gasteiger partial charge in [-0.2, -0.15) is 21.6 Å². The van der Waals surface area contributed by atoms with Gasteiger partial charge in [-0.05, 0) is 18.1 Å². The van der Waals surface area contributed by atoms with Crippen LogP contribution in [0.1, 0.15) is 18.4 Å². The molecule has 0 radical (unpaired) electrons. The standard InChI is InChI=1S/C14H13F3O5S/c1-21-12(18)13(10-5-3-2-4-6-10)8-7-11(9-13)22-23(19,20)14(15,16)17/h2-6,9H,7-8H2,1H3/t13-/m0/s1. The molecule has 0 bridgehead atoms. The minimum absolute atomic E-state index is 0.0480. The highest BCUT2D eigenvalue weighted by Gasteiger charge is 2.51. The Morgan fingerprint density at radius 3 is 2.35 bits per heavy atom. The highest BCUT2D eigenvalue weighted by Crippen LogP contribution is 2.42. The number of allylic oxidation sites excluding steroid dienone is 1. The zero-order valence-electron chi connectivity index (χ0n) is 12.0. The summed E-state index contributed by atoms with van der Waals surface area (Å²) in [6.45, 7) is 0. The Bertz CT molecular complexity index is 725. The smallest absolute Gasteiger partial charge is 0.468 e. The average molecular weight is 350 g/mol. The summed E-state index contributed by atoms with van der Waals surface area (Å²) in [6, 6.07) is 8.22. The van der Waals surface area contributed by atoms with E-state index < -0.39 is 32.8 Å². The molecule has 0 heterocycles. The van der Waals surface area contributed by atoms with Gasteiger partial charge in [0.1, 0.15) is 11.2 Å². The Labute approximate surface area is 130 Å². The third kappa shape index (κ3) is 3.19. The Morgan fingerprint density at radius 2 is 1.83 bits per heavy atom. The first-order valence-electron chi connectivity index (χ1n) is 6.49. The van der Waals surface area contributed by atoms with E-state index in [1.54, 1.807) is 30.3 Å². The van der Waals surface area contributed by atoms with Gasteiger partial charge in [0.05, 0.1) is 7.11 Å². The van der Waals surface area contributed by atoms with Crippen LogP contribution in [0.3, 0.4) is 0 Å². The number of rotatable bonds is 4. The monoisotopic (exact) mass is 350 g/mol. The summed E-state index contributed by atoms with van der Waals surface area (Å²) < 4.78 is 68.2. The fourth-order valence-corrected chi connectivity index (χ4v) is 2.93. The molecule has 1 aromatic carbocycles. The van der Waals surface area contributed by atoms with Crippen molar-refractivity contribution >= 4 is 16.1 Å². The number of benzene rings is 1. The highest BCUT2D eigenvalue weighted by atomic mass is 32.2. The van der Waals surface area contributed by atoms with Crippen molar-refractivity contribution in [2.24, 2.45) is 0 Å². The number of halogens is 3. The van der Waals surface area contributed by atoms with E-state index in [0.29, 0.717) is 5.56 Å². The lowest BCUT2D eigenvalue weighted by molar-refractivity contribution is -0.145. The Morgan fingerprint density at radius 1 is 1.22 bits per heavy atom. The highest BCUT2D eigenvalue weighted by molar-refractivity contribution is 7.87. The van der Waals surface area contributed by atoms with E-state index in [2.05, 4.69) is 4.18 Å². The maximum atomic E-state index is 12.4. The minimum atomic E-state index is -5.77. The van der Waals surface area contributed by atoms with Crippen molar-refractivity contribution < 1.29 is 35.3 Å². The predicted octanol–water partition coefficient (Wildman–Crippen LogP) is 2.64. The van der Waals surface area contributed by atoms with E-state index in [9.17, 15) is 26.4 Å². The van der Waals surface area contributed by atoms with E-state index in [4.69, 9.17) is 4.74 Å². The summed E-state index contributed by atoms with van der Waals surface area (Å²) >= 11 is 0. The van der Waals surface area contributed by atoms with Crippen molar-refractivity contribution in [2.45, 2.75) is 23.8 Å². The molecule has 0 amide bonds. The summed E-state index contributed by atoms with van der Waals surface area (Å²) in [4.78, 5) is 12.2. The van der Waals surface area contributed by atoms with Crippen molar-refractivity contribution in [3.63, 3.8) is 0 Å². The molecule has 23 heavy (non-hydrogen) atoms. The fraction of sp³-hybridized carbons (Fsp3) is 0.357. The normalized spacial score (nSPS) is 21.7. The van der Waals surface area contributed by atoms with Crippen molar-refractivity contribution in [1.82, 2.24) is 0 Å². The topological polar surface area (TPSA) is 69.7 Å². The van der Waals surface area contributed by atoms with Crippen molar-refractivity contribution in [1.29, 1.82) is 0 Å². The maximum Gasteiger partial charge on any atom is 0.534 e. The van der Waals surface area contributed by atoms with E-state index in [-0.39, 0.29) is 12.8 Å². The second-order valence-corrected chi connectivity index (χ2v) is 6.46. The molecule has 1 aromatic rings. The minimum Gasteiger partial charge on any atom is -0.468 e. The molecule has 0 spiro atoms. The summed E-state index contributed by atoms with van der Waals surface area (Å²) in [6.07, 6.45) is 0.989. The second-order valence-electron chi connectivity index (χ2n) is 4.92. The number of methoxy groups -OCH3 is 1. The number of carbonyl (C=O) groups excluding carboxylic acids is 1. The van der Waals surface area contributed by atoms with E-state index in [1.165, 1.54) is 0 Å². The number of hydrogen-bond donors (Lipinski definition) is 0. The van der Waals surface area contributed by atoms with E-state index in [1.807, 2.05) is 0 Å². The Kier molecular flexibility index (Phi) is 4.43. The fourth-order valence-electron chi connectivity index (χ4n) is 2.42. The van der Waals surface area contributed by atoms with Gasteiger partial charge in [0.25, 0.3) is 0 Å². The van der Waals surface area contributed by atoms with Crippen LogP contribution in [0, 0.1) is 0 Å². The molecule has 2 rings (SSSR count). The first-order valence-corrected chi connectivity index (χ1v) is 7.90. The van der Waals surface area contributed by atoms with Gasteiger partial charge in [0.2, 0.25) is 0 Å². The van der Waals surface area contributed by atoms with Gasteiger partial charge in [-0.1, -0.05) is 30.3 Å². The van der Waals surface area contributed by atoms with Gasteiger partial charge in [-0.25, -0.2) is 0 Å². The molecule has 0 N–H and O–H groups in total. The lowest BCUT2D eigenvalue weighted by Crippen LogP contribution is -2.33. The van der Waals surface area contributed by atoms with Gasteiger partial charge in [-0.15, -0.1) is 0 Å². The first kappa shape index (κ1) is 17.3. The molecule has 1 atom stereocenters. The van der Waals surface area contributed by atoms with Crippen molar-refractivity contribution in [3.8, 4) is 0 Å². The summed E-state index contributed by atoms with van der Waals surface area (Å²) in [5, 5.41) is 0. The SMILES string of the molecule is COC(=O)[C@]1(c2ccccc2)C=C(OS(=O)(=O)C(F)(F)F)CC1. The Hall–Kier alpha value is -2.03. The van der Waals surface area contributed by atoms with Crippen LogP contribution in [-0.4, -0.2) is 27.0 Å². The molecular formula is C14H13F3O5S. The Balaban J connectivity index is 2.42. The number of ether oxygens (including phenoxy) is 1. The summed E-state index contributed by atoms with van der Waals surface area (Å²) in [5.74, 6) is -1.14. The maximum absolute atomic E-state index is 12.4. The molecule has 0 aliphatic heterocycles. The molecule has 0 fully saturated rings. The lowest BCUT2D eigenvalue weighted by Gasteiger charge is -2.24. The molecule has 0 aromatic heterocycles. The van der Waals surface area contributed by atoms with E-state index in [0.717, 1.165) is 13.2 Å². The molecule has 0 saturated carbocycles. The third-order valence-electron chi connectivity index (χ3n) is 3.51. The van der Waals surface area contributed by atoms with Crippen LogP contribution in [0.15, 0.2) is 42.2 Å². The van der Waals surface area contributed by atoms with Crippen LogP contribution in [0.2, 0.25) is 0 Å². The summed E-state index contributed by atoms with van der Waals surface area (Å²) in [7, 11) is -4.62. The van der Waals surface area contributed by atoms with Gasteiger partial charge in [-0.3, -0.25) is 4.79 Å². The average Bonchev–Trinajstić information content (AvgIpc) is 2.90. The lowest BCUT2D eigenvalue weighted by atomic mass is 9.80. The van der Waals surface area contributed by atoms with E-state index >= 15 is 0 Å². The number of esters is 1. The number of hydrogen-bond acceptors (Lipinski definition) is 5. The van der Waals surface area contributed by atoms with Crippen LogP contribution in [-0.2, 0) is 29.2 Å². The van der Waals surface area contributed by atoms with Gasteiger partial charge in [0, 0.05) is 6.42 Å². The molecule has 126 valence electrons. The zero-order chi connectivity index (χ0) is 17.3. The molecule has 0 saturated heterocycles. The molecule has 0 unspecified atom stereocenters. The molecule has 1 aliphatic carbocycles. The summed E-state index contributed by atoms with van der Waals surface area (Å²) in [5.41, 5.74) is -6.42. The second kappa shape index (κ2) is 5.88. The van der Waals surface area contributed by atoms with Crippen LogP contribution in [0.25, 0.3) is 0 Å². The molecule has 5 nitrogen and oxygen atoms in total. The largest absolute Gasteiger partial charge is 0.534 e.